The predicted octanol–water partition coefficient (Wildman–Crippen LogP) is 2.76. The van der Waals surface area contributed by atoms with Gasteiger partial charge in [0.2, 0.25) is 0 Å². The Bertz CT molecular complexity index is 678. The van der Waals surface area contributed by atoms with Crippen molar-refractivity contribution in [3.8, 4) is 0 Å². The van der Waals surface area contributed by atoms with Crippen molar-refractivity contribution >= 4 is 11.9 Å². The first-order valence-electron chi connectivity index (χ1n) is 8.61. The summed E-state index contributed by atoms with van der Waals surface area (Å²) < 4.78 is 5.65. The molecule has 3 amide bonds. The summed E-state index contributed by atoms with van der Waals surface area (Å²) in [6.45, 7) is 8.24. The molecule has 5 nitrogen and oxygen atoms in total. The highest BCUT2D eigenvalue weighted by molar-refractivity contribution is 6.07. The molecule has 1 fully saturated rings. The van der Waals surface area contributed by atoms with Gasteiger partial charge in [-0.05, 0) is 63.6 Å². The zero-order chi connectivity index (χ0) is 17.5. The standard InChI is InChI=1S/C19H26N2O3/c1-18(2,3)24-11-10-21-16(22)19(4,20-17(21)23)15-9-8-13-6-5-7-14(13)12-15/h8-9,12H,5-7,10-11H2,1-4H3,(H,20,23)/t19-/m0/s1. The Labute approximate surface area is 143 Å². The van der Waals surface area contributed by atoms with Crippen molar-refractivity contribution in [1.29, 1.82) is 0 Å². The maximum atomic E-state index is 12.9. The van der Waals surface area contributed by atoms with Crippen molar-refractivity contribution < 1.29 is 14.3 Å². The van der Waals surface area contributed by atoms with Gasteiger partial charge in [-0.3, -0.25) is 9.69 Å². The molecule has 5 heteroatoms. The first kappa shape index (κ1) is 17.0. The molecule has 1 aliphatic carbocycles. The minimum Gasteiger partial charge on any atom is -0.374 e. The van der Waals surface area contributed by atoms with Crippen molar-refractivity contribution in [2.24, 2.45) is 0 Å². The summed E-state index contributed by atoms with van der Waals surface area (Å²) >= 11 is 0. The average Bonchev–Trinajstić information content (AvgIpc) is 3.04. The van der Waals surface area contributed by atoms with Gasteiger partial charge in [-0.15, -0.1) is 0 Å². The molecule has 2 aliphatic rings. The van der Waals surface area contributed by atoms with Crippen LogP contribution in [0.25, 0.3) is 0 Å². The SMILES string of the molecule is CC(C)(C)OCCN1C(=O)N[C@@](C)(c2ccc3c(c2)CCC3)C1=O. The molecular weight excluding hydrogens is 304 g/mol. The predicted molar refractivity (Wildman–Crippen MR) is 91.8 cm³/mol. The molecule has 1 heterocycles. The van der Waals surface area contributed by atoms with Gasteiger partial charge in [0.15, 0.2) is 0 Å². The minimum atomic E-state index is -0.990. The van der Waals surface area contributed by atoms with Crippen LogP contribution in [0.5, 0.6) is 0 Å². The fourth-order valence-corrected chi connectivity index (χ4v) is 3.42. The number of hydrogen-bond acceptors (Lipinski definition) is 3. The third-order valence-electron chi connectivity index (χ3n) is 4.80. The summed E-state index contributed by atoms with van der Waals surface area (Å²) in [6.07, 6.45) is 3.31. The third kappa shape index (κ3) is 3.05. The molecule has 0 saturated carbocycles. The third-order valence-corrected chi connectivity index (χ3v) is 4.80. The average molecular weight is 330 g/mol. The van der Waals surface area contributed by atoms with E-state index in [0.717, 1.165) is 24.8 Å². The number of ether oxygens (including phenoxy) is 1. The number of aryl methyl sites for hydroxylation is 2. The molecule has 1 aromatic carbocycles. The van der Waals surface area contributed by atoms with E-state index in [9.17, 15) is 9.59 Å². The van der Waals surface area contributed by atoms with Crippen LogP contribution in [-0.4, -0.2) is 35.6 Å². The highest BCUT2D eigenvalue weighted by Crippen LogP contribution is 2.32. The largest absolute Gasteiger partial charge is 0.374 e. The van der Waals surface area contributed by atoms with Crippen molar-refractivity contribution in [3.05, 3.63) is 34.9 Å². The van der Waals surface area contributed by atoms with Gasteiger partial charge < -0.3 is 10.1 Å². The lowest BCUT2D eigenvalue weighted by atomic mass is 9.90. The zero-order valence-electron chi connectivity index (χ0n) is 14.9. The molecule has 1 aliphatic heterocycles. The van der Waals surface area contributed by atoms with Crippen LogP contribution in [0, 0.1) is 0 Å². The van der Waals surface area contributed by atoms with Gasteiger partial charge in [0.1, 0.15) is 5.54 Å². The van der Waals surface area contributed by atoms with Gasteiger partial charge >= 0.3 is 6.03 Å². The van der Waals surface area contributed by atoms with Crippen LogP contribution in [0.1, 0.15) is 50.8 Å². The van der Waals surface area contributed by atoms with Crippen LogP contribution in [0.2, 0.25) is 0 Å². The Balaban J connectivity index is 1.77. The van der Waals surface area contributed by atoms with Crippen LogP contribution in [0.3, 0.4) is 0 Å². The Morgan fingerprint density at radius 2 is 1.92 bits per heavy atom. The van der Waals surface area contributed by atoms with Gasteiger partial charge in [0, 0.05) is 0 Å². The monoisotopic (exact) mass is 330 g/mol. The normalized spacial score (nSPS) is 23.6. The van der Waals surface area contributed by atoms with Crippen LogP contribution in [0.15, 0.2) is 18.2 Å². The number of hydrogen-bond donors (Lipinski definition) is 1. The summed E-state index contributed by atoms with van der Waals surface area (Å²) in [5, 5.41) is 2.87. The second-order valence-electron chi connectivity index (χ2n) is 7.81. The highest BCUT2D eigenvalue weighted by atomic mass is 16.5. The summed E-state index contributed by atoms with van der Waals surface area (Å²) in [7, 11) is 0. The van der Waals surface area contributed by atoms with E-state index in [2.05, 4.69) is 17.4 Å². The number of amides is 3. The molecule has 1 saturated heterocycles. The number of nitrogens with zero attached hydrogens (tertiary/aromatic N) is 1. The van der Waals surface area contributed by atoms with E-state index in [1.54, 1.807) is 6.92 Å². The lowest BCUT2D eigenvalue weighted by molar-refractivity contribution is -0.132. The quantitative estimate of drug-likeness (QED) is 0.864. The zero-order valence-corrected chi connectivity index (χ0v) is 14.9. The summed E-state index contributed by atoms with van der Waals surface area (Å²) in [6, 6.07) is 5.79. The number of carbonyl (C=O) groups is 2. The molecule has 3 rings (SSSR count). The number of rotatable bonds is 4. The van der Waals surface area contributed by atoms with Gasteiger partial charge in [-0.1, -0.05) is 18.2 Å². The number of imide groups is 1. The van der Waals surface area contributed by atoms with Crippen LogP contribution in [0.4, 0.5) is 4.79 Å². The molecule has 1 N–H and O–H groups in total. The number of nitrogens with one attached hydrogen (secondary N) is 1. The highest BCUT2D eigenvalue weighted by Gasteiger charge is 2.49. The number of urea groups is 1. The summed E-state index contributed by atoms with van der Waals surface area (Å²) in [5.41, 5.74) is 2.24. The van der Waals surface area contributed by atoms with Crippen LogP contribution in [-0.2, 0) is 27.9 Å². The van der Waals surface area contributed by atoms with Gasteiger partial charge in [0.05, 0.1) is 18.8 Å². The Morgan fingerprint density at radius 3 is 2.62 bits per heavy atom. The maximum Gasteiger partial charge on any atom is 0.325 e. The lowest BCUT2D eigenvalue weighted by Gasteiger charge is -2.24. The molecule has 0 spiro atoms. The van der Waals surface area contributed by atoms with E-state index in [0.29, 0.717) is 6.61 Å². The molecule has 0 radical (unpaired) electrons. The first-order valence-corrected chi connectivity index (χ1v) is 8.61. The summed E-state index contributed by atoms with van der Waals surface area (Å²) in [4.78, 5) is 26.4. The Hall–Kier alpha value is -1.88. The molecular formula is C19H26N2O3. The molecule has 24 heavy (non-hydrogen) atoms. The molecule has 1 aromatic rings. The number of carbonyl (C=O) groups excluding carboxylic acids is 2. The topological polar surface area (TPSA) is 58.6 Å². The van der Waals surface area contributed by atoms with E-state index < -0.39 is 5.54 Å². The fourth-order valence-electron chi connectivity index (χ4n) is 3.42. The second kappa shape index (κ2) is 5.88. The molecule has 0 unspecified atom stereocenters. The molecule has 130 valence electrons. The second-order valence-corrected chi connectivity index (χ2v) is 7.81. The maximum absolute atomic E-state index is 12.9. The van der Waals surface area contributed by atoms with E-state index in [1.165, 1.54) is 16.0 Å². The Morgan fingerprint density at radius 1 is 1.21 bits per heavy atom. The van der Waals surface area contributed by atoms with E-state index >= 15 is 0 Å². The van der Waals surface area contributed by atoms with E-state index in [4.69, 9.17) is 4.74 Å². The van der Waals surface area contributed by atoms with E-state index in [-0.39, 0.29) is 24.1 Å². The van der Waals surface area contributed by atoms with Gasteiger partial charge in [-0.25, -0.2) is 4.79 Å². The smallest absolute Gasteiger partial charge is 0.325 e. The van der Waals surface area contributed by atoms with E-state index in [1.807, 2.05) is 26.8 Å². The van der Waals surface area contributed by atoms with Crippen molar-refractivity contribution in [1.82, 2.24) is 10.2 Å². The first-order chi connectivity index (χ1) is 11.2. The van der Waals surface area contributed by atoms with Crippen LogP contribution < -0.4 is 5.32 Å². The lowest BCUT2D eigenvalue weighted by Crippen LogP contribution is -2.41. The van der Waals surface area contributed by atoms with Crippen molar-refractivity contribution in [3.63, 3.8) is 0 Å². The molecule has 0 aromatic heterocycles. The van der Waals surface area contributed by atoms with Gasteiger partial charge in [-0.2, -0.15) is 0 Å². The van der Waals surface area contributed by atoms with Crippen molar-refractivity contribution in [2.75, 3.05) is 13.2 Å². The molecule has 1 atom stereocenters. The Kier molecular flexibility index (Phi) is 4.16. The number of benzene rings is 1. The minimum absolute atomic E-state index is 0.206. The van der Waals surface area contributed by atoms with Gasteiger partial charge in [0.25, 0.3) is 5.91 Å². The number of fused-ring (bicyclic) bond motifs is 1. The summed E-state index contributed by atoms with van der Waals surface area (Å²) in [5.74, 6) is -0.206. The fraction of sp³-hybridized carbons (Fsp3) is 0.579. The van der Waals surface area contributed by atoms with Crippen molar-refractivity contribution in [2.45, 2.75) is 58.1 Å². The molecule has 0 bridgehead atoms. The van der Waals surface area contributed by atoms with Crippen LogP contribution >= 0.6 is 0 Å².